The van der Waals surface area contributed by atoms with Gasteiger partial charge < -0.3 is 4.74 Å². The van der Waals surface area contributed by atoms with E-state index in [9.17, 15) is 4.39 Å². The summed E-state index contributed by atoms with van der Waals surface area (Å²) in [6.45, 7) is 0.669. The Labute approximate surface area is 99.8 Å². The molecule has 88 valence electrons. The number of ether oxygens (including phenoxy) is 1. The Hall–Kier alpha value is -0.830. The van der Waals surface area contributed by atoms with Crippen molar-refractivity contribution >= 4 is 11.6 Å². The van der Waals surface area contributed by atoms with Gasteiger partial charge in [-0.1, -0.05) is 12.8 Å². The fourth-order valence-electron chi connectivity index (χ4n) is 2.07. The van der Waals surface area contributed by atoms with Gasteiger partial charge in [0.05, 0.1) is 18.7 Å². The molecule has 1 heterocycles. The molecule has 0 radical (unpaired) electrons. The average Bonchev–Trinajstić information content (AvgIpc) is 2.80. The summed E-state index contributed by atoms with van der Waals surface area (Å²) in [5.74, 6) is 0.951. The number of alkyl halides is 1. The van der Waals surface area contributed by atoms with Gasteiger partial charge in [-0.2, -0.15) is 0 Å². The molecule has 1 aromatic rings. The minimum absolute atomic E-state index is 0.227. The SMILES string of the molecule is Fc1cnc(OCC2CCCC2)c(CCl)c1. The molecule has 0 saturated heterocycles. The quantitative estimate of drug-likeness (QED) is 0.755. The first kappa shape index (κ1) is 11.6. The second-order valence-electron chi connectivity index (χ2n) is 4.21. The normalized spacial score (nSPS) is 16.6. The van der Waals surface area contributed by atoms with E-state index in [2.05, 4.69) is 4.98 Å². The molecule has 1 aliphatic rings. The van der Waals surface area contributed by atoms with Crippen molar-refractivity contribution in [2.24, 2.45) is 5.92 Å². The summed E-state index contributed by atoms with van der Waals surface area (Å²) in [7, 11) is 0. The third-order valence-corrected chi connectivity index (χ3v) is 3.25. The van der Waals surface area contributed by atoms with Crippen molar-refractivity contribution in [2.45, 2.75) is 31.6 Å². The van der Waals surface area contributed by atoms with E-state index in [4.69, 9.17) is 16.3 Å². The lowest BCUT2D eigenvalue weighted by Gasteiger charge is -2.12. The van der Waals surface area contributed by atoms with E-state index in [1.165, 1.54) is 37.9 Å². The first-order valence-corrected chi connectivity index (χ1v) is 6.16. The summed E-state index contributed by atoms with van der Waals surface area (Å²) in [6, 6.07) is 1.38. The second-order valence-corrected chi connectivity index (χ2v) is 4.48. The fraction of sp³-hybridized carbons (Fsp3) is 0.583. The number of hydrogen-bond donors (Lipinski definition) is 0. The zero-order chi connectivity index (χ0) is 11.4. The lowest BCUT2D eigenvalue weighted by Crippen LogP contribution is -2.10. The summed E-state index contributed by atoms with van der Waals surface area (Å²) in [4.78, 5) is 3.93. The molecule has 0 bridgehead atoms. The highest BCUT2D eigenvalue weighted by Crippen LogP contribution is 2.26. The van der Waals surface area contributed by atoms with Crippen LogP contribution in [-0.2, 0) is 5.88 Å². The third-order valence-electron chi connectivity index (χ3n) is 2.97. The monoisotopic (exact) mass is 243 g/mol. The van der Waals surface area contributed by atoms with Gasteiger partial charge in [-0.25, -0.2) is 9.37 Å². The van der Waals surface area contributed by atoms with E-state index in [1.807, 2.05) is 0 Å². The van der Waals surface area contributed by atoms with Crippen molar-refractivity contribution in [3.8, 4) is 5.88 Å². The molecule has 2 nitrogen and oxygen atoms in total. The average molecular weight is 244 g/mol. The van der Waals surface area contributed by atoms with Gasteiger partial charge >= 0.3 is 0 Å². The van der Waals surface area contributed by atoms with Crippen molar-refractivity contribution in [1.29, 1.82) is 0 Å². The van der Waals surface area contributed by atoms with Crippen LogP contribution in [0.1, 0.15) is 31.2 Å². The van der Waals surface area contributed by atoms with Crippen LogP contribution in [0.2, 0.25) is 0 Å². The lowest BCUT2D eigenvalue weighted by atomic mass is 10.1. The molecule has 0 N–H and O–H groups in total. The Morgan fingerprint density at radius 3 is 2.88 bits per heavy atom. The van der Waals surface area contributed by atoms with Crippen LogP contribution in [0.15, 0.2) is 12.3 Å². The number of pyridine rings is 1. The van der Waals surface area contributed by atoms with Crippen LogP contribution in [-0.4, -0.2) is 11.6 Å². The molecule has 1 fully saturated rings. The van der Waals surface area contributed by atoms with E-state index in [-0.39, 0.29) is 11.7 Å². The molecule has 0 spiro atoms. The van der Waals surface area contributed by atoms with E-state index >= 15 is 0 Å². The van der Waals surface area contributed by atoms with Gasteiger partial charge in [0.1, 0.15) is 5.82 Å². The Morgan fingerprint density at radius 2 is 2.19 bits per heavy atom. The van der Waals surface area contributed by atoms with Gasteiger partial charge in [0, 0.05) is 5.56 Å². The van der Waals surface area contributed by atoms with Crippen LogP contribution >= 0.6 is 11.6 Å². The molecular weight excluding hydrogens is 229 g/mol. The highest BCUT2D eigenvalue weighted by molar-refractivity contribution is 6.17. The van der Waals surface area contributed by atoms with Gasteiger partial charge in [0.15, 0.2) is 0 Å². The third kappa shape index (κ3) is 2.85. The summed E-state index contributed by atoms with van der Waals surface area (Å²) >= 11 is 5.71. The van der Waals surface area contributed by atoms with E-state index in [0.29, 0.717) is 24.0 Å². The zero-order valence-corrected chi connectivity index (χ0v) is 9.84. The van der Waals surface area contributed by atoms with E-state index in [0.717, 1.165) is 0 Å². The van der Waals surface area contributed by atoms with Gasteiger partial charge in [-0.05, 0) is 24.8 Å². The predicted octanol–water partition coefficient (Wildman–Crippen LogP) is 3.53. The zero-order valence-electron chi connectivity index (χ0n) is 9.09. The van der Waals surface area contributed by atoms with Gasteiger partial charge in [0.25, 0.3) is 0 Å². The number of halogens is 2. The predicted molar refractivity (Wildman–Crippen MR) is 61.2 cm³/mol. The van der Waals surface area contributed by atoms with Crippen molar-refractivity contribution in [1.82, 2.24) is 4.98 Å². The molecule has 0 aromatic carbocycles. The number of hydrogen-bond acceptors (Lipinski definition) is 2. The van der Waals surface area contributed by atoms with Crippen LogP contribution in [0.4, 0.5) is 4.39 Å². The molecule has 0 unspecified atom stereocenters. The van der Waals surface area contributed by atoms with E-state index < -0.39 is 0 Å². The highest BCUT2D eigenvalue weighted by atomic mass is 35.5. The largest absolute Gasteiger partial charge is 0.477 e. The van der Waals surface area contributed by atoms with Gasteiger partial charge in [-0.15, -0.1) is 11.6 Å². The topological polar surface area (TPSA) is 22.1 Å². The molecule has 1 saturated carbocycles. The molecule has 16 heavy (non-hydrogen) atoms. The molecule has 0 amide bonds. The van der Waals surface area contributed by atoms with Crippen molar-refractivity contribution in [3.05, 3.63) is 23.6 Å². The summed E-state index contributed by atoms with van der Waals surface area (Å²) in [6.07, 6.45) is 6.18. The minimum Gasteiger partial charge on any atom is -0.477 e. The van der Waals surface area contributed by atoms with Crippen LogP contribution in [0.3, 0.4) is 0 Å². The smallest absolute Gasteiger partial charge is 0.217 e. The highest BCUT2D eigenvalue weighted by Gasteiger charge is 2.16. The molecule has 4 heteroatoms. The molecule has 0 atom stereocenters. The maximum Gasteiger partial charge on any atom is 0.217 e. The Balaban J connectivity index is 1.97. The lowest BCUT2D eigenvalue weighted by molar-refractivity contribution is 0.241. The number of rotatable bonds is 4. The van der Waals surface area contributed by atoms with Crippen LogP contribution < -0.4 is 4.74 Å². The van der Waals surface area contributed by atoms with Crippen LogP contribution in [0, 0.1) is 11.7 Å². The number of aromatic nitrogens is 1. The number of nitrogens with zero attached hydrogens (tertiary/aromatic N) is 1. The Kier molecular flexibility index (Phi) is 3.99. The summed E-state index contributed by atoms with van der Waals surface area (Å²) < 4.78 is 18.5. The molecule has 0 aliphatic heterocycles. The summed E-state index contributed by atoms with van der Waals surface area (Å²) in [5, 5.41) is 0. The first-order valence-electron chi connectivity index (χ1n) is 5.63. The van der Waals surface area contributed by atoms with Gasteiger partial charge in [-0.3, -0.25) is 0 Å². The maximum absolute atomic E-state index is 12.9. The Morgan fingerprint density at radius 1 is 1.44 bits per heavy atom. The molecule has 1 aliphatic carbocycles. The van der Waals surface area contributed by atoms with Crippen molar-refractivity contribution in [2.75, 3.05) is 6.61 Å². The fourth-order valence-corrected chi connectivity index (χ4v) is 2.26. The standard InChI is InChI=1S/C12H15ClFNO/c13-6-10-5-11(14)7-15-12(10)16-8-9-3-1-2-4-9/h5,7,9H,1-4,6,8H2. The second kappa shape index (κ2) is 5.48. The Bertz CT molecular complexity index is 353. The van der Waals surface area contributed by atoms with Crippen LogP contribution in [0.5, 0.6) is 5.88 Å². The van der Waals surface area contributed by atoms with Gasteiger partial charge in [0.2, 0.25) is 5.88 Å². The first-order chi connectivity index (χ1) is 7.79. The van der Waals surface area contributed by atoms with Crippen molar-refractivity contribution < 1.29 is 9.13 Å². The van der Waals surface area contributed by atoms with Crippen molar-refractivity contribution in [3.63, 3.8) is 0 Å². The van der Waals surface area contributed by atoms with E-state index in [1.54, 1.807) is 0 Å². The molecule has 2 rings (SSSR count). The maximum atomic E-state index is 12.9. The minimum atomic E-state index is -0.371. The van der Waals surface area contributed by atoms with Crippen LogP contribution in [0.25, 0.3) is 0 Å². The molecule has 1 aromatic heterocycles. The molecular formula is C12H15ClFNO. The summed E-state index contributed by atoms with van der Waals surface area (Å²) in [5.41, 5.74) is 0.625.